The molecule has 0 radical (unpaired) electrons. The quantitative estimate of drug-likeness (QED) is 0.439. The first kappa shape index (κ1) is 18.1. The van der Waals surface area contributed by atoms with Gasteiger partial charge in [-0.1, -0.05) is 0 Å². The molecular formula is C16H12BrF4N3. The van der Waals surface area contributed by atoms with E-state index in [0.717, 1.165) is 12.1 Å². The number of benzene rings is 2. The van der Waals surface area contributed by atoms with Crippen LogP contribution >= 0.6 is 0 Å². The van der Waals surface area contributed by atoms with E-state index >= 15 is 0 Å². The van der Waals surface area contributed by atoms with Gasteiger partial charge in [0.2, 0.25) is 6.33 Å². The minimum Gasteiger partial charge on any atom is -1.00 e. The Kier molecular flexibility index (Phi) is 5.71. The Morgan fingerprint density at radius 2 is 1.46 bits per heavy atom. The van der Waals surface area contributed by atoms with Crippen molar-refractivity contribution in [3.63, 3.8) is 0 Å². The predicted molar refractivity (Wildman–Crippen MR) is 73.3 cm³/mol. The third-order valence-electron chi connectivity index (χ3n) is 3.35. The van der Waals surface area contributed by atoms with E-state index < -0.39 is 23.3 Å². The van der Waals surface area contributed by atoms with Crippen molar-refractivity contribution in [1.82, 2.24) is 9.78 Å². The molecule has 0 atom stereocenters. The van der Waals surface area contributed by atoms with E-state index in [9.17, 15) is 17.6 Å². The Bertz CT molecular complexity index is 783. The predicted octanol–water partition coefficient (Wildman–Crippen LogP) is -0.172. The highest BCUT2D eigenvalue weighted by atomic mass is 79.9. The molecule has 1 heterocycles. The first-order chi connectivity index (χ1) is 11.0. The highest BCUT2D eigenvalue weighted by Gasteiger charge is 2.12. The molecule has 24 heavy (non-hydrogen) atoms. The maximum Gasteiger partial charge on any atom is 0.265 e. The van der Waals surface area contributed by atoms with Crippen LogP contribution in [0.1, 0.15) is 11.1 Å². The van der Waals surface area contributed by atoms with Gasteiger partial charge in [0.05, 0.1) is 6.54 Å². The molecule has 3 nitrogen and oxygen atoms in total. The van der Waals surface area contributed by atoms with E-state index in [1.165, 1.54) is 35.3 Å². The van der Waals surface area contributed by atoms with E-state index in [1.807, 2.05) is 0 Å². The Balaban J connectivity index is 0.00000208. The minimum atomic E-state index is -0.656. The smallest absolute Gasteiger partial charge is 0.265 e. The molecule has 0 unspecified atom stereocenters. The van der Waals surface area contributed by atoms with Crippen molar-refractivity contribution in [3.8, 4) is 0 Å². The molecule has 0 spiro atoms. The van der Waals surface area contributed by atoms with Gasteiger partial charge in [-0.25, -0.2) is 22.1 Å². The monoisotopic (exact) mass is 401 g/mol. The molecule has 0 saturated carbocycles. The molecule has 1 aromatic heterocycles. The molecule has 2 aromatic carbocycles. The highest BCUT2D eigenvalue weighted by Crippen LogP contribution is 2.11. The number of rotatable bonds is 4. The van der Waals surface area contributed by atoms with Crippen LogP contribution in [-0.4, -0.2) is 9.78 Å². The van der Waals surface area contributed by atoms with Crippen LogP contribution in [0.4, 0.5) is 17.6 Å². The van der Waals surface area contributed by atoms with Gasteiger partial charge >= 0.3 is 0 Å². The zero-order valence-electron chi connectivity index (χ0n) is 12.3. The molecular weight excluding hydrogens is 390 g/mol. The molecule has 0 bridgehead atoms. The number of nitrogens with zero attached hydrogens (tertiary/aromatic N) is 3. The first-order valence-electron chi connectivity index (χ1n) is 6.80. The van der Waals surface area contributed by atoms with Crippen LogP contribution in [0.15, 0.2) is 49.1 Å². The van der Waals surface area contributed by atoms with E-state index in [-0.39, 0.29) is 35.6 Å². The Morgan fingerprint density at radius 1 is 0.875 bits per heavy atom. The van der Waals surface area contributed by atoms with Gasteiger partial charge in [0, 0.05) is 28.4 Å². The molecule has 126 valence electrons. The number of hydrogen-bond donors (Lipinski definition) is 0. The van der Waals surface area contributed by atoms with Crippen molar-refractivity contribution in [1.29, 1.82) is 0 Å². The summed E-state index contributed by atoms with van der Waals surface area (Å²) in [5, 5.41) is 4.04. The molecule has 0 fully saturated rings. The summed E-state index contributed by atoms with van der Waals surface area (Å²) in [5.41, 5.74) is 0.596. The SMILES string of the molecule is Fc1ccc(Cn2c[n+](Cc3ccc(F)cc3F)cn2)c(F)c1.[Br-]. The van der Waals surface area contributed by atoms with Gasteiger partial charge in [-0.15, -0.1) is 4.68 Å². The second-order valence-electron chi connectivity index (χ2n) is 5.09. The molecule has 0 saturated heterocycles. The fourth-order valence-electron chi connectivity index (χ4n) is 2.20. The van der Waals surface area contributed by atoms with Crippen molar-refractivity contribution in [2.45, 2.75) is 13.1 Å². The van der Waals surface area contributed by atoms with Gasteiger partial charge in [-0.05, 0) is 24.3 Å². The minimum absolute atomic E-state index is 0. The van der Waals surface area contributed by atoms with Crippen molar-refractivity contribution < 1.29 is 39.1 Å². The van der Waals surface area contributed by atoms with E-state index in [1.54, 1.807) is 10.9 Å². The summed E-state index contributed by atoms with van der Waals surface area (Å²) in [4.78, 5) is 0. The van der Waals surface area contributed by atoms with E-state index in [2.05, 4.69) is 5.10 Å². The lowest BCUT2D eigenvalue weighted by Crippen LogP contribution is -3.00. The third-order valence-corrected chi connectivity index (χ3v) is 3.35. The van der Waals surface area contributed by atoms with Crippen LogP contribution in [0.3, 0.4) is 0 Å². The Labute approximate surface area is 145 Å². The fraction of sp³-hybridized carbons (Fsp3) is 0.125. The van der Waals surface area contributed by atoms with Crippen molar-refractivity contribution >= 4 is 0 Å². The standard InChI is InChI=1S/C16H12F4N3.BrH/c17-13-3-1-11(15(19)5-13)7-22-9-21-23(10-22)8-12-2-4-14(18)6-16(12)20;/h1-6,9-10H,7-8H2;1H/q+1;/p-1. The molecule has 3 aromatic rings. The van der Waals surface area contributed by atoms with Crippen molar-refractivity contribution in [3.05, 3.63) is 83.4 Å². The van der Waals surface area contributed by atoms with Crippen LogP contribution in [0.25, 0.3) is 0 Å². The largest absolute Gasteiger partial charge is 1.00 e. The van der Waals surface area contributed by atoms with Crippen LogP contribution in [0.2, 0.25) is 0 Å². The second-order valence-corrected chi connectivity index (χ2v) is 5.09. The lowest BCUT2D eigenvalue weighted by atomic mass is 10.2. The maximum absolute atomic E-state index is 13.6. The summed E-state index contributed by atoms with van der Waals surface area (Å²) in [5.74, 6) is -2.58. The average molecular weight is 402 g/mol. The van der Waals surface area contributed by atoms with Crippen LogP contribution in [0.5, 0.6) is 0 Å². The average Bonchev–Trinajstić information content (AvgIpc) is 2.92. The summed E-state index contributed by atoms with van der Waals surface area (Å²) < 4.78 is 56.0. The second kappa shape index (κ2) is 7.57. The zero-order chi connectivity index (χ0) is 16.4. The van der Waals surface area contributed by atoms with Crippen LogP contribution in [-0.2, 0) is 13.1 Å². The topological polar surface area (TPSA) is 21.7 Å². The summed E-state index contributed by atoms with van der Waals surface area (Å²) in [7, 11) is 0. The lowest BCUT2D eigenvalue weighted by molar-refractivity contribution is -0.689. The number of hydrogen-bond acceptors (Lipinski definition) is 1. The number of halogens is 5. The van der Waals surface area contributed by atoms with E-state index in [4.69, 9.17) is 0 Å². The molecule has 8 heteroatoms. The van der Waals surface area contributed by atoms with E-state index in [0.29, 0.717) is 5.56 Å². The van der Waals surface area contributed by atoms with Crippen molar-refractivity contribution in [2.24, 2.45) is 0 Å². The van der Waals surface area contributed by atoms with Crippen molar-refractivity contribution in [2.75, 3.05) is 0 Å². The number of aromatic nitrogens is 3. The fourth-order valence-corrected chi connectivity index (χ4v) is 2.20. The summed E-state index contributed by atoms with van der Waals surface area (Å²) in [6, 6.07) is 6.67. The summed E-state index contributed by atoms with van der Waals surface area (Å²) in [6.07, 6.45) is 3.01. The van der Waals surface area contributed by atoms with Gasteiger partial charge < -0.3 is 17.0 Å². The first-order valence-corrected chi connectivity index (χ1v) is 6.80. The Morgan fingerprint density at radius 3 is 2.04 bits per heavy atom. The van der Waals surface area contributed by atoms with Gasteiger partial charge in [0.1, 0.15) is 29.8 Å². The van der Waals surface area contributed by atoms with Gasteiger partial charge in [0.15, 0.2) is 0 Å². The van der Waals surface area contributed by atoms with Gasteiger partial charge in [-0.2, -0.15) is 0 Å². The molecule has 0 aliphatic heterocycles. The third kappa shape index (κ3) is 4.19. The highest BCUT2D eigenvalue weighted by molar-refractivity contribution is 5.19. The maximum atomic E-state index is 13.6. The van der Waals surface area contributed by atoms with Crippen LogP contribution in [0, 0.1) is 23.3 Å². The molecule has 0 aliphatic rings. The lowest BCUT2D eigenvalue weighted by Gasteiger charge is -2.01. The van der Waals surface area contributed by atoms with Gasteiger partial charge in [0.25, 0.3) is 6.33 Å². The zero-order valence-corrected chi connectivity index (χ0v) is 13.9. The van der Waals surface area contributed by atoms with Gasteiger partial charge in [-0.3, -0.25) is 0 Å². The van der Waals surface area contributed by atoms with Crippen LogP contribution < -0.4 is 21.5 Å². The summed E-state index contributed by atoms with van der Waals surface area (Å²) in [6.45, 7) is 0.281. The Hall–Kier alpha value is -2.22. The normalized spacial score (nSPS) is 10.5. The molecule has 0 amide bonds. The summed E-state index contributed by atoms with van der Waals surface area (Å²) >= 11 is 0. The molecule has 0 aliphatic carbocycles. The molecule has 0 N–H and O–H groups in total. The molecule has 3 rings (SSSR count).